The zero-order chi connectivity index (χ0) is 31.2. The number of benzene rings is 3. The van der Waals surface area contributed by atoms with E-state index in [1.54, 1.807) is 31.2 Å². The van der Waals surface area contributed by atoms with Crippen molar-refractivity contribution in [1.82, 2.24) is 4.48 Å². The maximum absolute atomic E-state index is 15.1. The van der Waals surface area contributed by atoms with Gasteiger partial charge in [0.05, 0.1) is 0 Å². The van der Waals surface area contributed by atoms with Crippen LogP contribution in [0.2, 0.25) is 0 Å². The second kappa shape index (κ2) is 12.5. The molecule has 0 atom stereocenters. The van der Waals surface area contributed by atoms with E-state index in [9.17, 15) is 8.78 Å². The molecule has 3 aromatic carbocycles. The molecule has 1 aliphatic heterocycles. The number of hydrogen-bond donors (Lipinski definition) is 0. The Labute approximate surface area is 263 Å². The number of nitrogens with zero attached hydrogens (tertiary/aromatic N) is 2. The molecule has 0 bridgehead atoms. The summed E-state index contributed by atoms with van der Waals surface area (Å²) in [5, 5.41) is 0. The van der Waals surface area contributed by atoms with Gasteiger partial charge < -0.3 is 0 Å². The van der Waals surface area contributed by atoms with Gasteiger partial charge in [-0.3, -0.25) is 0 Å². The average Bonchev–Trinajstić information content (AvgIpc) is 3.35. The van der Waals surface area contributed by atoms with Gasteiger partial charge in [-0.2, -0.15) is 0 Å². The molecule has 0 N–H and O–H groups in total. The molecule has 43 heavy (non-hydrogen) atoms. The van der Waals surface area contributed by atoms with Gasteiger partial charge in [0.2, 0.25) is 0 Å². The monoisotopic (exact) mass is 714 g/mol. The summed E-state index contributed by atoms with van der Waals surface area (Å²) >= 11 is -0.470. The van der Waals surface area contributed by atoms with Crippen molar-refractivity contribution < 1.29 is 17.4 Å². The van der Waals surface area contributed by atoms with Crippen LogP contribution in [0.25, 0.3) is 5.57 Å². The zero-order valence-corrected chi connectivity index (χ0v) is 28.5. The molecular weight excluding hydrogens is 681 g/mol. The Hall–Kier alpha value is -3.09. The van der Waals surface area contributed by atoms with E-state index >= 15 is 8.63 Å². The van der Waals surface area contributed by atoms with Crippen molar-refractivity contribution in [1.29, 1.82) is 0 Å². The van der Waals surface area contributed by atoms with Gasteiger partial charge in [-0.05, 0) is 0 Å². The normalized spacial score (nSPS) is 14.4. The van der Waals surface area contributed by atoms with Gasteiger partial charge in [0.1, 0.15) is 0 Å². The Balaban J connectivity index is 1.81. The van der Waals surface area contributed by atoms with Gasteiger partial charge in [-0.1, -0.05) is 0 Å². The SMILES string of the molecule is CC1=N/C(=C(\c2c(C)cc(C)cc2C)c2c(C)c([Se]c3ccc(F)cc3)c(C)n2B(F)F)C(C)=C1[Se]c1ccc(F)cc1. The summed E-state index contributed by atoms with van der Waals surface area (Å²) < 4.78 is 62.4. The molecule has 0 spiro atoms. The summed E-state index contributed by atoms with van der Waals surface area (Å²) in [6.45, 7) is 13.7. The van der Waals surface area contributed by atoms with Gasteiger partial charge >= 0.3 is 265 Å². The van der Waals surface area contributed by atoms with E-state index in [4.69, 9.17) is 4.99 Å². The molecule has 5 rings (SSSR count). The Morgan fingerprint density at radius 2 is 1.26 bits per heavy atom. The van der Waals surface area contributed by atoms with Crippen molar-refractivity contribution in [3.05, 3.63) is 127 Å². The van der Waals surface area contributed by atoms with Crippen molar-refractivity contribution in [2.24, 2.45) is 4.99 Å². The zero-order valence-electron chi connectivity index (χ0n) is 25.1. The molecule has 0 aliphatic carbocycles. The van der Waals surface area contributed by atoms with E-state index in [-0.39, 0.29) is 41.5 Å². The molecule has 2 nitrogen and oxygen atoms in total. The molecular formula is C34H31BF4N2Se2. The minimum absolute atomic E-state index is 0.151. The third kappa shape index (κ3) is 6.14. The summed E-state index contributed by atoms with van der Waals surface area (Å²) in [6.07, 6.45) is 0. The van der Waals surface area contributed by atoms with Crippen LogP contribution < -0.4 is 13.4 Å². The second-order valence-electron chi connectivity index (χ2n) is 10.8. The van der Waals surface area contributed by atoms with Crippen LogP contribution in [0.3, 0.4) is 0 Å². The van der Waals surface area contributed by atoms with E-state index in [1.165, 1.54) is 24.3 Å². The molecule has 0 radical (unpaired) electrons. The molecule has 0 fully saturated rings. The molecule has 0 saturated heterocycles. The molecule has 4 aromatic rings. The van der Waals surface area contributed by atoms with E-state index in [0.29, 0.717) is 22.7 Å². The number of aryl methyl sites for hydroxylation is 3. The van der Waals surface area contributed by atoms with Crippen molar-refractivity contribution in [2.75, 3.05) is 0 Å². The summed E-state index contributed by atoms with van der Waals surface area (Å²) in [6, 6.07) is 16.9. The Morgan fingerprint density at radius 3 is 1.77 bits per heavy atom. The topological polar surface area (TPSA) is 17.3 Å². The average molecular weight is 712 g/mol. The van der Waals surface area contributed by atoms with Crippen LogP contribution in [0.15, 0.2) is 81.4 Å². The predicted octanol–water partition coefficient (Wildman–Crippen LogP) is 6.27. The Kier molecular flexibility index (Phi) is 9.11. The first-order valence-corrected chi connectivity index (χ1v) is 17.3. The fourth-order valence-electron chi connectivity index (χ4n) is 5.78. The summed E-state index contributed by atoms with van der Waals surface area (Å²) in [4.78, 5) is 5.07. The van der Waals surface area contributed by atoms with Crippen LogP contribution in [0.1, 0.15) is 53.1 Å². The molecule has 0 unspecified atom stereocenters. The van der Waals surface area contributed by atoms with Gasteiger partial charge in [0.25, 0.3) is 0 Å². The molecule has 2 heterocycles. The number of hydrogen-bond acceptors (Lipinski definition) is 1. The summed E-state index contributed by atoms with van der Waals surface area (Å²) in [5.41, 5.74) is 8.89. The van der Waals surface area contributed by atoms with E-state index in [0.717, 1.165) is 61.4 Å². The van der Waals surface area contributed by atoms with E-state index in [2.05, 4.69) is 12.1 Å². The molecule has 0 saturated carbocycles. The van der Waals surface area contributed by atoms with Crippen LogP contribution in [0, 0.1) is 46.3 Å². The fourth-order valence-corrected chi connectivity index (χ4v) is 9.88. The Morgan fingerprint density at radius 1 is 0.744 bits per heavy atom. The van der Waals surface area contributed by atoms with Gasteiger partial charge in [0.15, 0.2) is 0 Å². The fraction of sp³-hybridized carbons (Fsp3) is 0.206. The standard InChI is InChI=1S/C34H31BF4N2Se2/c1-18-16-19(2)29(20(3)17-18)30(31-21(4)33(23(6)40-31)42-27-12-8-25(36)9-13-27)32-22(5)34(24(7)41(32)35(38)39)43-28-14-10-26(37)11-15-28/h8-17H,1-7H3/b31-30+. The van der Waals surface area contributed by atoms with Crippen LogP contribution in [-0.4, -0.2) is 47.5 Å². The molecule has 0 amide bonds. The van der Waals surface area contributed by atoms with Gasteiger partial charge in [-0.25, -0.2) is 0 Å². The Bertz CT molecular complexity index is 1800. The van der Waals surface area contributed by atoms with Crippen molar-refractivity contribution in [3.63, 3.8) is 0 Å². The first-order chi connectivity index (χ1) is 20.4. The number of rotatable bonds is 7. The summed E-state index contributed by atoms with van der Waals surface area (Å²) in [5.74, 6) is -0.613. The number of aromatic nitrogens is 1. The van der Waals surface area contributed by atoms with Crippen LogP contribution in [-0.2, 0) is 0 Å². The molecule has 1 aromatic heterocycles. The predicted molar refractivity (Wildman–Crippen MR) is 173 cm³/mol. The number of halogens is 4. The number of aliphatic imine (C=N–C) groups is 1. The van der Waals surface area contributed by atoms with E-state index < -0.39 is 7.40 Å². The third-order valence-corrected chi connectivity index (χ3v) is 13.1. The molecule has 1 aliphatic rings. The molecule has 220 valence electrons. The minimum atomic E-state index is -2.77. The first-order valence-electron chi connectivity index (χ1n) is 13.8. The van der Waals surface area contributed by atoms with Gasteiger partial charge in [0, 0.05) is 0 Å². The molecule has 9 heteroatoms. The van der Waals surface area contributed by atoms with Crippen molar-refractivity contribution in [3.8, 4) is 0 Å². The first kappa shape index (κ1) is 31.3. The van der Waals surface area contributed by atoms with Crippen LogP contribution in [0.5, 0.6) is 0 Å². The van der Waals surface area contributed by atoms with E-state index in [1.807, 2.05) is 41.5 Å². The van der Waals surface area contributed by atoms with Crippen molar-refractivity contribution >= 4 is 62.0 Å². The number of allylic oxidation sites excluding steroid dienone is 2. The maximum atomic E-state index is 15.1. The quantitative estimate of drug-likeness (QED) is 0.159. The second-order valence-corrected chi connectivity index (χ2v) is 15.3. The van der Waals surface area contributed by atoms with Crippen LogP contribution >= 0.6 is 0 Å². The van der Waals surface area contributed by atoms with Crippen molar-refractivity contribution in [2.45, 2.75) is 48.5 Å². The van der Waals surface area contributed by atoms with Crippen LogP contribution in [0.4, 0.5) is 17.4 Å². The third-order valence-electron chi connectivity index (χ3n) is 7.59. The summed E-state index contributed by atoms with van der Waals surface area (Å²) in [7, 11) is -2.77. The van der Waals surface area contributed by atoms with Gasteiger partial charge in [-0.15, -0.1) is 0 Å².